The van der Waals surface area contributed by atoms with Crippen molar-refractivity contribution in [2.75, 3.05) is 19.6 Å². The number of nitrogens with one attached hydrogen (secondary N) is 1. The molecule has 1 fully saturated rings. The topological polar surface area (TPSA) is 15.3 Å². The number of hydrogen-bond donors (Lipinski definition) is 1. The van der Waals surface area contributed by atoms with E-state index in [0.29, 0.717) is 6.04 Å². The molecule has 1 aromatic rings. The molecular weight excluding hydrogens is 240 g/mol. The molecule has 1 N–H and O–H groups in total. The maximum absolute atomic E-state index is 3.66. The van der Waals surface area contributed by atoms with E-state index < -0.39 is 0 Å². The van der Waals surface area contributed by atoms with Crippen molar-refractivity contribution in [1.29, 1.82) is 0 Å². The van der Waals surface area contributed by atoms with Crippen LogP contribution in [0.1, 0.15) is 41.5 Å². The van der Waals surface area contributed by atoms with Crippen LogP contribution in [0, 0.1) is 13.8 Å². The molecule has 1 unspecified atom stereocenters. The van der Waals surface area contributed by atoms with Crippen LogP contribution in [0.3, 0.4) is 0 Å². The molecule has 3 heteroatoms. The predicted octanol–water partition coefficient (Wildman–Crippen LogP) is 3.33. The van der Waals surface area contributed by atoms with Crippen LogP contribution in [0.4, 0.5) is 0 Å². The summed E-state index contributed by atoms with van der Waals surface area (Å²) in [4.78, 5) is 5.53. The zero-order chi connectivity index (χ0) is 13.0. The monoisotopic (exact) mass is 266 g/mol. The summed E-state index contributed by atoms with van der Waals surface area (Å²) in [5.74, 6) is 0. The van der Waals surface area contributed by atoms with Gasteiger partial charge in [0.15, 0.2) is 0 Å². The molecule has 2 heterocycles. The first-order chi connectivity index (χ1) is 8.65. The van der Waals surface area contributed by atoms with Gasteiger partial charge in [0.25, 0.3) is 0 Å². The van der Waals surface area contributed by atoms with Gasteiger partial charge in [-0.2, -0.15) is 0 Å². The first kappa shape index (κ1) is 14.0. The summed E-state index contributed by atoms with van der Waals surface area (Å²) in [5, 5.41) is 3.66. The second-order valence-electron chi connectivity index (χ2n) is 5.60. The number of likely N-dealkylation sites (tertiary alicyclic amines) is 1. The van der Waals surface area contributed by atoms with E-state index in [-0.39, 0.29) is 0 Å². The average Bonchev–Trinajstić information content (AvgIpc) is 2.68. The molecule has 0 radical (unpaired) electrons. The van der Waals surface area contributed by atoms with Crippen LogP contribution in [0.5, 0.6) is 0 Å². The lowest BCUT2D eigenvalue weighted by molar-refractivity contribution is 0.209. The van der Waals surface area contributed by atoms with Crippen molar-refractivity contribution >= 4 is 11.3 Å². The Morgan fingerprint density at radius 1 is 1.28 bits per heavy atom. The molecule has 18 heavy (non-hydrogen) atoms. The summed E-state index contributed by atoms with van der Waals surface area (Å²) >= 11 is 1.93. The van der Waals surface area contributed by atoms with E-state index in [1.807, 2.05) is 11.3 Å². The van der Waals surface area contributed by atoms with Gasteiger partial charge in [-0.15, -0.1) is 11.3 Å². The highest BCUT2D eigenvalue weighted by Gasteiger charge is 2.13. The van der Waals surface area contributed by atoms with Gasteiger partial charge < -0.3 is 10.2 Å². The lowest BCUT2D eigenvalue weighted by Gasteiger charge is -2.29. The summed E-state index contributed by atoms with van der Waals surface area (Å²) in [6.07, 6.45) is 4.19. The van der Waals surface area contributed by atoms with Crippen LogP contribution in [0.2, 0.25) is 0 Å². The highest BCUT2D eigenvalue weighted by atomic mass is 32.1. The van der Waals surface area contributed by atoms with Crippen LogP contribution >= 0.6 is 11.3 Å². The van der Waals surface area contributed by atoms with Gasteiger partial charge >= 0.3 is 0 Å². The third kappa shape index (κ3) is 4.08. The van der Waals surface area contributed by atoms with Gasteiger partial charge in [0, 0.05) is 28.9 Å². The molecule has 0 aliphatic carbocycles. The summed E-state index contributed by atoms with van der Waals surface area (Å²) < 4.78 is 0. The molecule has 0 amide bonds. The van der Waals surface area contributed by atoms with Crippen molar-refractivity contribution in [3.8, 4) is 0 Å². The van der Waals surface area contributed by atoms with Crippen LogP contribution in [0.15, 0.2) is 6.07 Å². The van der Waals surface area contributed by atoms with Gasteiger partial charge in [0.05, 0.1) is 0 Å². The quantitative estimate of drug-likeness (QED) is 0.879. The van der Waals surface area contributed by atoms with Crippen molar-refractivity contribution in [3.63, 3.8) is 0 Å². The van der Waals surface area contributed by atoms with Crippen molar-refractivity contribution in [2.45, 2.75) is 52.6 Å². The van der Waals surface area contributed by atoms with Gasteiger partial charge in [-0.25, -0.2) is 0 Å². The Balaban J connectivity index is 1.72. The molecule has 1 aromatic heterocycles. The van der Waals surface area contributed by atoms with E-state index in [0.717, 1.165) is 6.54 Å². The van der Waals surface area contributed by atoms with Gasteiger partial charge in [-0.3, -0.25) is 0 Å². The molecule has 0 bridgehead atoms. The second kappa shape index (κ2) is 6.69. The normalized spacial score (nSPS) is 19.1. The standard InChI is InChI=1S/C15H26N2S/c1-12-9-15(18-14(12)3)10-16-13(2)11-17-7-5-4-6-8-17/h9,13,16H,4-8,10-11H2,1-3H3. The van der Waals surface area contributed by atoms with Crippen molar-refractivity contribution in [3.05, 3.63) is 21.4 Å². The minimum Gasteiger partial charge on any atom is -0.308 e. The minimum atomic E-state index is 0.589. The molecule has 0 spiro atoms. The number of aryl methyl sites for hydroxylation is 2. The molecular formula is C15H26N2S. The smallest absolute Gasteiger partial charge is 0.0302 e. The minimum absolute atomic E-state index is 0.589. The van der Waals surface area contributed by atoms with E-state index in [4.69, 9.17) is 0 Å². The zero-order valence-corrected chi connectivity index (χ0v) is 12.8. The number of rotatable bonds is 5. The maximum Gasteiger partial charge on any atom is 0.0302 e. The van der Waals surface area contributed by atoms with Gasteiger partial charge in [-0.05, 0) is 58.3 Å². The molecule has 1 atom stereocenters. The molecule has 1 aliphatic rings. The lowest BCUT2D eigenvalue weighted by atomic mass is 10.1. The third-order valence-corrected chi connectivity index (χ3v) is 4.98. The van der Waals surface area contributed by atoms with E-state index in [2.05, 4.69) is 37.1 Å². The first-order valence-corrected chi connectivity index (χ1v) is 7.98. The SMILES string of the molecule is Cc1cc(CNC(C)CN2CCCCC2)sc1C. The van der Waals surface area contributed by atoms with Gasteiger partial charge in [-0.1, -0.05) is 6.42 Å². The van der Waals surface area contributed by atoms with E-state index in [9.17, 15) is 0 Å². The Bertz CT molecular complexity index is 347. The fourth-order valence-electron chi connectivity index (χ4n) is 2.61. The van der Waals surface area contributed by atoms with Gasteiger partial charge in [0.2, 0.25) is 0 Å². The molecule has 0 aromatic carbocycles. The summed E-state index contributed by atoms with van der Waals surface area (Å²) in [5.41, 5.74) is 1.43. The summed E-state index contributed by atoms with van der Waals surface area (Å²) in [7, 11) is 0. The Hall–Kier alpha value is -0.380. The molecule has 1 aliphatic heterocycles. The number of nitrogens with zero attached hydrogens (tertiary/aromatic N) is 1. The number of hydrogen-bond acceptors (Lipinski definition) is 3. The second-order valence-corrected chi connectivity index (χ2v) is 6.94. The number of thiophene rings is 1. The summed E-state index contributed by atoms with van der Waals surface area (Å²) in [6.45, 7) is 11.5. The number of piperidine rings is 1. The molecule has 2 nitrogen and oxygen atoms in total. The van der Waals surface area contributed by atoms with E-state index >= 15 is 0 Å². The molecule has 1 saturated heterocycles. The predicted molar refractivity (Wildman–Crippen MR) is 80.4 cm³/mol. The largest absolute Gasteiger partial charge is 0.308 e. The fourth-order valence-corrected chi connectivity index (χ4v) is 3.61. The van der Waals surface area contributed by atoms with Crippen LogP contribution in [-0.2, 0) is 6.54 Å². The van der Waals surface area contributed by atoms with Crippen molar-refractivity contribution in [2.24, 2.45) is 0 Å². The zero-order valence-electron chi connectivity index (χ0n) is 12.0. The Morgan fingerprint density at radius 3 is 2.61 bits per heavy atom. The Labute approximate surface area is 115 Å². The maximum atomic E-state index is 3.66. The molecule has 102 valence electrons. The van der Waals surface area contributed by atoms with E-state index in [1.54, 1.807) is 0 Å². The van der Waals surface area contributed by atoms with Crippen LogP contribution in [0.25, 0.3) is 0 Å². The summed E-state index contributed by atoms with van der Waals surface area (Å²) in [6, 6.07) is 2.91. The molecule has 2 rings (SSSR count). The Morgan fingerprint density at radius 2 is 2.00 bits per heavy atom. The lowest BCUT2D eigenvalue weighted by Crippen LogP contribution is -2.41. The van der Waals surface area contributed by atoms with E-state index in [1.165, 1.54) is 54.2 Å². The molecule has 0 saturated carbocycles. The fraction of sp³-hybridized carbons (Fsp3) is 0.733. The highest BCUT2D eigenvalue weighted by molar-refractivity contribution is 7.12. The first-order valence-electron chi connectivity index (χ1n) is 7.17. The van der Waals surface area contributed by atoms with Crippen LogP contribution in [-0.4, -0.2) is 30.6 Å². The van der Waals surface area contributed by atoms with Crippen molar-refractivity contribution < 1.29 is 0 Å². The highest BCUT2D eigenvalue weighted by Crippen LogP contribution is 2.20. The van der Waals surface area contributed by atoms with Crippen molar-refractivity contribution in [1.82, 2.24) is 10.2 Å². The van der Waals surface area contributed by atoms with Crippen LogP contribution < -0.4 is 5.32 Å². The Kier molecular flexibility index (Phi) is 5.22. The third-order valence-electron chi connectivity index (χ3n) is 3.82. The average molecular weight is 266 g/mol. The van der Waals surface area contributed by atoms with Gasteiger partial charge in [0.1, 0.15) is 0 Å².